The van der Waals surface area contributed by atoms with Crippen LogP contribution in [0.1, 0.15) is 67.9 Å². The second kappa shape index (κ2) is 11.4. The maximum absolute atomic E-state index is 11.6. The van der Waals surface area contributed by atoms with E-state index < -0.39 is 5.97 Å². The van der Waals surface area contributed by atoms with Crippen LogP contribution in [0.4, 0.5) is 0 Å². The summed E-state index contributed by atoms with van der Waals surface area (Å²) in [5, 5.41) is 10.5. The van der Waals surface area contributed by atoms with Gasteiger partial charge in [-0.25, -0.2) is 4.79 Å². The third-order valence-corrected chi connectivity index (χ3v) is 6.21. The SMILES string of the molecule is CCCC(N)=O.Cc1c(C(=O)O)cc(-c2ccc(Cl)c(Cl)c2)n1CC1CCCCC1. The number of aromatic carboxylic acids is 1. The highest BCUT2D eigenvalue weighted by Crippen LogP contribution is 2.33. The third-order valence-electron chi connectivity index (χ3n) is 5.47. The molecule has 30 heavy (non-hydrogen) atoms. The van der Waals surface area contributed by atoms with Crippen molar-refractivity contribution in [3.63, 3.8) is 0 Å². The Morgan fingerprint density at radius 1 is 1.13 bits per heavy atom. The fourth-order valence-electron chi connectivity index (χ4n) is 3.87. The van der Waals surface area contributed by atoms with Crippen molar-refractivity contribution < 1.29 is 14.7 Å². The van der Waals surface area contributed by atoms with E-state index in [4.69, 9.17) is 28.9 Å². The number of nitrogens with zero attached hydrogens (tertiary/aromatic N) is 1. The molecule has 1 aromatic heterocycles. The van der Waals surface area contributed by atoms with Crippen molar-refractivity contribution in [2.45, 2.75) is 65.3 Å². The van der Waals surface area contributed by atoms with Gasteiger partial charge in [-0.2, -0.15) is 0 Å². The van der Waals surface area contributed by atoms with Crippen LogP contribution in [0.25, 0.3) is 11.3 Å². The second-order valence-electron chi connectivity index (χ2n) is 7.79. The molecule has 1 saturated carbocycles. The van der Waals surface area contributed by atoms with Crippen LogP contribution in [-0.4, -0.2) is 21.6 Å². The Kier molecular flexibility index (Phi) is 9.25. The summed E-state index contributed by atoms with van der Waals surface area (Å²) in [6, 6.07) is 7.21. The summed E-state index contributed by atoms with van der Waals surface area (Å²) in [6.07, 6.45) is 7.62. The highest BCUT2D eigenvalue weighted by atomic mass is 35.5. The number of carbonyl (C=O) groups is 2. The summed E-state index contributed by atoms with van der Waals surface area (Å²) >= 11 is 12.2. The Balaban J connectivity index is 0.000000469. The number of hydrogen-bond acceptors (Lipinski definition) is 2. The van der Waals surface area contributed by atoms with Gasteiger partial charge in [0.25, 0.3) is 0 Å². The van der Waals surface area contributed by atoms with E-state index in [0.29, 0.717) is 27.9 Å². The normalized spacial score (nSPS) is 14.1. The molecular formula is C23H30Cl2N2O3. The zero-order valence-electron chi connectivity index (χ0n) is 17.6. The summed E-state index contributed by atoms with van der Waals surface area (Å²) in [5.74, 6) is -0.498. The quantitative estimate of drug-likeness (QED) is 0.537. The molecule has 0 aliphatic heterocycles. The Bertz CT molecular complexity index is 887. The van der Waals surface area contributed by atoms with Crippen LogP contribution in [0.5, 0.6) is 0 Å². The third kappa shape index (κ3) is 6.51. The number of amides is 1. The molecule has 0 radical (unpaired) electrons. The zero-order chi connectivity index (χ0) is 22.3. The summed E-state index contributed by atoms with van der Waals surface area (Å²) in [7, 11) is 0. The molecule has 1 aromatic carbocycles. The molecule has 0 unspecified atom stereocenters. The summed E-state index contributed by atoms with van der Waals surface area (Å²) in [6.45, 7) is 4.66. The average Bonchev–Trinajstić information content (AvgIpc) is 3.02. The fourth-order valence-corrected chi connectivity index (χ4v) is 4.16. The number of primary amides is 1. The van der Waals surface area contributed by atoms with E-state index in [-0.39, 0.29) is 5.91 Å². The minimum Gasteiger partial charge on any atom is -0.478 e. The maximum atomic E-state index is 11.6. The standard InChI is InChI=1S/C19H21Cl2NO2.C4H9NO/c1-12-15(19(23)24)10-18(14-7-8-16(20)17(21)9-14)22(12)11-13-5-3-2-4-6-13;1-2-3-4(5)6/h7-10,13H,2-6,11H2,1H3,(H,23,24);2-3H2,1H3,(H2,5,6). The fraction of sp³-hybridized carbons (Fsp3) is 0.478. The number of nitrogens with two attached hydrogens (primary N) is 1. The van der Waals surface area contributed by atoms with E-state index in [1.807, 2.05) is 26.0 Å². The molecule has 3 N–H and O–H groups in total. The van der Waals surface area contributed by atoms with Gasteiger partial charge in [0.1, 0.15) is 0 Å². The number of halogens is 2. The lowest BCUT2D eigenvalue weighted by Crippen LogP contribution is -2.16. The smallest absolute Gasteiger partial charge is 0.337 e. The Morgan fingerprint density at radius 3 is 2.30 bits per heavy atom. The van der Waals surface area contributed by atoms with Crippen molar-refractivity contribution in [2.75, 3.05) is 0 Å². The molecule has 1 amide bonds. The van der Waals surface area contributed by atoms with Crippen molar-refractivity contribution in [3.05, 3.63) is 45.6 Å². The van der Waals surface area contributed by atoms with Gasteiger partial charge in [-0.3, -0.25) is 4.79 Å². The predicted molar refractivity (Wildman–Crippen MR) is 122 cm³/mol. The average molecular weight is 453 g/mol. The van der Waals surface area contributed by atoms with Gasteiger partial charge in [-0.15, -0.1) is 0 Å². The Hall–Kier alpha value is -1.98. The molecule has 0 bridgehead atoms. The van der Waals surface area contributed by atoms with Crippen LogP contribution in [-0.2, 0) is 11.3 Å². The lowest BCUT2D eigenvalue weighted by atomic mass is 9.89. The van der Waals surface area contributed by atoms with Gasteiger partial charge in [0, 0.05) is 24.4 Å². The van der Waals surface area contributed by atoms with Crippen molar-refractivity contribution in [1.82, 2.24) is 4.57 Å². The van der Waals surface area contributed by atoms with Gasteiger partial charge < -0.3 is 15.4 Å². The number of hydrogen-bond donors (Lipinski definition) is 2. The van der Waals surface area contributed by atoms with E-state index in [1.54, 1.807) is 12.1 Å². The van der Waals surface area contributed by atoms with E-state index in [9.17, 15) is 14.7 Å². The van der Waals surface area contributed by atoms with E-state index in [0.717, 1.165) is 29.9 Å². The minimum absolute atomic E-state index is 0.211. The van der Waals surface area contributed by atoms with Crippen LogP contribution in [0.15, 0.2) is 24.3 Å². The zero-order valence-corrected chi connectivity index (χ0v) is 19.1. The first-order valence-electron chi connectivity index (χ1n) is 10.4. The van der Waals surface area contributed by atoms with Crippen molar-refractivity contribution >= 4 is 35.1 Å². The van der Waals surface area contributed by atoms with Gasteiger partial charge in [0.2, 0.25) is 5.91 Å². The van der Waals surface area contributed by atoms with Gasteiger partial charge in [-0.05, 0) is 55.9 Å². The highest BCUT2D eigenvalue weighted by Gasteiger charge is 2.22. The molecule has 7 heteroatoms. The van der Waals surface area contributed by atoms with E-state index in [1.165, 1.54) is 32.1 Å². The Labute approximate surface area is 188 Å². The molecule has 2 aromatic rings. The van der Waals surface area contributed by atoms with E-state index >= 15 is 0 Å². The van der Waals surface area contributed by atoms with Crippen molar-refractivity contribution in [3.8, 4) is 11.3 Å². The van der Waals surface area contributed by atoms with Gasteiger partial charge >= 0.3 is 5.97 Å². The molecule has 1 aliphatic carbocycles. The number of carboxylic acids is 1. The topological polar surface area (TPSA) is 85.3 Å². The van der Waals surface area contributed by atoms with Crippen LogP contribution >= 0.6 is 23.2 Å². The molecule has 1 fully saturated rings. The Morgan fingerprint density at radius 2 is 1.80 bits per heavy atom. The number of benzene rings is 1. The molecule has 0 atom stereocenters. The van der Waals surface area contributed by atoms with Gasteiger partial charge in [0.05, 0.1) is 15.6 Å². The van der Waals surface area contributed by atoms with Gasteiger partial charge in [-0.1, -0.05) is 55.5 Å². The summed E-state index contributed by atoms with van der Waals surface area (Å²) in [4.78, 5) is 21.4. The molecule has 0 saturated heterocycles. The van der Waals surface area contributed by atoms with Crippen LogP contribution in [0.2, 0.25) is 10.0 Å². The number of rotatable bonds is 6. The predicted octanol–water partition coefficient (Wildman–Crippen LogP) is 6.32. The largest absolute Gasteiger partial charge is 0.478 e. The molecule has 164 valence electrons. The first-order chi connectivity index (χ1) is 14.2. The first kappa shape index (κ1) is 24.3. The lowest BCUT2D eigenvalue weighted by molar-refractivity contribution is -0.118. The van der Waals surface area contributed by atoms with Crippen molar-refractivity contribution in [1.29, 1.82) is 0 Å². The number of carbonyl (C=O) groups excluding carboxylic acids is 1. The molecule has 1 heterocycles. The van der Waals surface area contributed by atoms with E-state index in [2.05, 4.69) is 4.57 Å². The lowest BCUT2D eigenvalue weighted by Gasteiger charge is -2.24. The second-order valence-corrected chi connectivity index (χ2v) is 8.61. The maximum Gasteiger partial charge on any atom is 0.337 e. The first-order valence-corrected chi connectivity index (χ1v) is 11.2. The highest BCUT2D eigenvalue weighted by molar-refractivity contribution is 6.42. The molecule has 3 rings (SSSR count). The summed E-state index contributed by atoms with van der Waals surface area (Å²) < 4.78 is 2.14. The van der Waals surface area contributed by atoms with Crippen LogP contribution in [0.3, 0.4) is 0 Å². The summed E-state index contributed by atoms with van der Waals surface area (Å²) in [5.41, 5.74) is 7.71. The molecule has 1 aliphatic rings. The minimum atomic E-state index is -0.892. The van der Waals surface area contributed by atoms with Gasteiger partial charge in [0.15, 0.2) is 0 Å². The van der Waals surface area contributed by atoms with Crippen LogP contribution in [0, 0.1) is 12.8 Å². The molecule has 0 spiro atoms. The molecule has 5 nitrogen and oxygen atoms in total. The monoisotopic (exact) mass is 452 g/mol. The number of carboxylic acid groups (broad SMARTS) is 1. The number of aromatic nitrogens is 1. The van der Waals surface area contributed by atoms with Crippen molar-refractivity contribution in [2.24, 2.45) is 11.7 Å². The van der Waals surface area contributed by atoms with Crippen LogP contribution < -0.4 is 5.73 Å². The molecular weight excluding hydrogens is 423 g/mol.